The van der Waals surface area contributed by atoms with Crippen LogP contribution in [0.1, 0.15) is 39.2 Å². The molecule has 2 nitrogen and oxygen atoms in total. The molecule has 2 aromatic rings. The van der Waals surface area contributed by atoms with Crippen molar-refractivity contribution < 1.29 is 0 Å². The molecule has 0 aliphatic carbocycles. The van der Waals surface area contributed by atoms with Crippen molar-refractivity contribution in [3.63, 3.8) is 0 Å². The largest absolute Gasteiger partial charge is 0.346 e. The van der Waals surface area contributed by atoms with Gasteiger partial charge in [0.2, 0.25) is 0 Å². The van der Waals surface area contributed by atoms with Crippen LogP contribution >= 0.6 is 0 Å². The van der Waals surface area contributed by atoms with E-state index in [0.29, 0.717) is 6.04 Å². The summed E-state index contributed by atoms with van der Waals surface area (Å²) in [5, 5.41) is 4.98. The zero-order valence-corrected chi connectivity index (χ0v) is 13.3. The highest BCUT2D eigenvalue weighted by Gasteiger charge is 2.04. The first-order valence-electron chi connectivity index (χ1n) is 7.85. The van der Waals surface area contributed by atoms with Crippen molar-refractivity contribution in [2.45, 2.75) is 53.1 Å². The van der Waals surface area contributed by atoms with E-state index in [1.165, 1.54) is 29.3 Å². The lowest BCUT2D eigenvalue weighted by atomic mass is 10.0. The van der Waals surface area contributed by atoms with Gasteiger partial charge >= 0.3 is 0 Å². The predicted octanol–water partition coefficient (Wildman–Crippen LogP) is 4.36. The highest BCUT2D eigenvalue weighted by molar-refractivity contribution is 5.80. The average Bonchev–Trinajstić information content (AvgIpc) is 2.79. The van der Waals surface area contributed by atoms with Gasteiger partial charge in [-0.25, -0.2) is 0 Å². The molecule has 2 rings (SSSR count). The number of fused-ring (bicyclic) bond motifs is 1. The molecule has 1 aromatic heterocycles. The van der Waals surface area contributed by atoms with Gasteiger partial charge in [-0.05, 0) is 56.2 Å². The minimum atomic E-state index is 0.612. The Labute approximate surface area is 123 Å². The standard InChI is InChI=1S/C18H28N2/c1-14(2)5-7-16(4)19-10-12-20-11-9-17-13-15(3)6-8-18(17)20/h6,8-9,11,13-14,16,19H,5,7,10,12H2,1-4H3. The quantitative estimate of drug-likeness (QED) is 0.792. The molecule has 1 N–H and O–H groups in total. The fourth-order valence-corrected chi connectivity index (χ4v) is 2.63. The van der Waals surface area contributed by atoms with Gasteiger partial charge in [-0.2, -0.15) is 0 Å². The Morgan fingerprint density at radius 1 is 1.10 bits per heavy atom. The first kappa shape index (κ1) is 15.1. The lowest BCUT2D eigenvalue weighted by Gasteiger charge is -2.15. The Bertz CT molecular complexity index is 539. The summed E-state index contributed by atoms with van der Waals surface area (Å²) in [4.78, 5) is 0. The van der Waals surface area contributed by atoms with Crippen molar-refractivity contribution in [2.75, 3.05) is 6.54 Å². The van der Waals surface area contributed by atoms with E-state index in [-0.39, 0.29) is 0 Å². The number of aryl methyl sites for hydroxylation is 1. The van der Waals surface area contributed by atoms with Crippen LogP contribution in [0.5, 0.6) is 0 Å². The number of nitrogens with one attached hydrogen (secondary N) is 1. The molecular weight excluding hydrogens is 244 g/mol. The third-order valence-corrected chi connectivity index (χ3v) is 3.95. The monoisotopic (exact) mass is 272 g/mol. The zero-order chi connectivity index (χ0) is 14.5. The number of hydrogen-bond acceptors (Lipinski definition) is 1. The Morgan fingerprint density at radius 3 is 2.65 bits per heavy atom. The first-order chi connectivity index (χ1) is 9.56. The molecule has 2 heteroatoms. The van der Waals surface area contributed by atoms with E-state index < -0.39 is 0 Å². The summed E-state index contributed by atoms with van der Waals surface area (Å²) in [6.07, 6.45) is 4.77. The van der Waals surface area contributed by atoms with Gasteiger partial charge in [0.05, 0.1) is 0 Å². The van der Waals surface area contributed by atoms with Crippen molar-refractivity contribution in [2.24, 2.45) is 5.92 Å². The molecule has 1 unspecified atom stereocenters. The van der Waals surface area contributed by atoms with Crippen molar-refractivity contribution >= 4 is 10.9 Å². The molecule has 0 radical (unpaired) electrons. The van der Waals surface area contributed by atoms with Gasteiger partial charge in [-0.15, -0.1) is 0 Å². The number of rotatable bonds is 7. The first-order valence-corrected chi connectivity index (χ1v) is 7.85. The molecule has 0 amide bonds. The maximum absolute atomic E-state index is 3.63. The summed E-state index contributed by atoms with van der Waals surface area (Å²) in [5.41, 5.74) is 2.67. The van der Waals surface area contributed by atoms with Crippen LogP contribution in [0.25, 0.3) is 10.9 Å². The second kappa shape index (κ2) is 6.94. The minimum Gasteiger partial charge on any atom is -0.346 e. The van der Waals surface area contributed by atoms with E-state index in [9.17, 15) is 0 Å². The van der Waals surface area contributed by atoms with Gasteiger partial charge in [0.1, 0.15) is 0 Å². The van der Waals surface area contributed by atoms with E-state index in [4.69, 9.17) is 0 Å². The molecule has 1 atom stereocenters. The number of benzene rings is 1. The van der Waals surface area contributed by atoms with Gasteiger partial charge in [0.25, 0.3) is 0 Å². The number of nitrogens with zero attached hydrogens (tertiary/aromatic N) is 1. The molecule has 0 saturated carbocycles. The summed E-state index contributed by atoms with van der Waals surface area (Å²) >= 11 is 0. The number of aromatic nitrogens is 1. The van der Waals surface area contributed by atoms with Gasteiger partial charge in [-0.3, -0.25) is 0 Å². The maximum Gasteiger partial charge on any atom is 0.0480 e. The zero-order valence-electron chi connectivity index (χ0n) is 13.3. The Balaban J connectivity index is 1.84. The lowest BCUT2D eigenvalue weighted by Crippen LogP contribution is -2.29. The summed E-state index contributed by atoms with van der Waals surface area (Å²) in [6, 6.07) is 9.50. The van der Waals surface area contributed by atoms with Crippen molar-refractivity contribution in [3.05, 3.63) is 36.0 Å². The smallest absolute Gasteiger partial charge is 0.0480 e. The van der Waals surface area contributed by atoms with E-state index in [0.717, 1.165) is 19.0 Å². The van der Waals surface area contributed by atoms with Crippen LogP contribution < -0.4 is 5.32 Å². The van der Waals surface area contributed by atoms with Gasteiger partial charge in [0, 0.05) is 30.8 Å². The van der Waals surface area contributed by atoms with Crippen molar-refractivity contribution in [3.8, 4) is 0 Å². The van der Waals surface area contributed by atoms with Gasteiger partial charge in [0.15, 0.2) is 0 Å². The molecule has 0 fully saturated rings. The van der Waals surface area contributed by atoms with E-state index in [1.54, 1.807) is 0 Å². The van der Waals surface area contributed by atoms with E-state index in [1.807, 2.05) is 0 Å². The fraction of sp³-hybridized carbons (Fsp3) is 0.556. The highest BCUT2D eigenvalue weighted by atomic mass is 15.0. The molecule has 20 heavy (non-hydrogen) atoms. The molecule has 0 aliphatic heterocycles. The van der Waals surface area contributed by atoms with Crippen molar-refractivity contribution in [1.29, 1.82) is 0 Å². The fourth-order valence-electron chi connectivity index (χ4n) is 2.63. The Hall–Kier alpha value is -1.28. The Morgan fingerprint density at radius 2 is 1.90 bits per heavy atom. The predicted molar refractivity (Wildman–Crippen MR) is 88.2 cm³/mol. The van der Waals surface area contributed by atoms with Crippen LogP contribution in [0.15, 0.2) is 30.5 Å². The van der Waals surface area contributed by atoms with Gasteiger partial charge in [-0.1, -0.05) is 25.5 Å². The highest BCUT2D eigenvalue weighted by Crippen LogP contribution is 2.17. The third-order valence-electron chi connectivity index (χ3n) is 3.95. The number of hydrogen-bond donors (Lipinski definition) is 1. The normalized spacial score (nSPS) is 13.2. The summed E-state index contributed by atoms with van der Waals surface area (Å²) in [6.45, 7) is 11.1. The van der Waals surface area contributed by atoms with Crippen molar-refractivity contribution in [1.82, 2.24) is 9.88 Å². The molecule has 1 heterocycles. The molecule has 0 spiro atoms. The summed E-state index contributed by atoms with van der Waals surface area (Å²) in [5.74, 6) is 0.802. The maximum atomic E-state index is 3.63. The third kappa shape index (κ3) is 4.11. The van der Waals surface area contributed by atoms with Crippen LogP contribution in [0.3, 0.4) is 0 Å². The second-order valence-electron chi connectivity index (χ2n) is 6.40. The molecule has 0 aliphatic rings. The minimum absolute atomic E-state index is 0.612. The lowest BCUT2D eigenvalue weighted by molar-refractivity contribution is 0.443. The van der Waals surface area contributed by atoms with Crippen LogP contribution in [-0.4, -0.2) is 17.2 Å². The van der Waals surface area contributed by atoms with E-state index >= 15 is 0 Å². The van der Waals surface area contributed by atoms with Gasteiger partial charge < -0.3 is 9.88 Å². The van der Waals surface area contributed by atoms with Crippen LogP contribution in [-0.2, 0) is 6.54 Å². The van der Waals surface area contributed by atoms with E-state index in [2.05, 4.69) is 68.0 Å². The summed E-state index contributed by atoms with van der Waals surface area (Å²) < 4.78 is 2.34. The molecule has 0 saturated heterocycles. The SMILES string of the molecule is Cc1ccc2c(ccn2CCNC(C)CCC(C)C)c1. The van der Waals surface area contributed by atoms with Crippen LogP contribution in [0.2, 0.25) is 0 Å². The molecule has 1 aromatic carbocycles. The topological polar surface area (TPSA) is 17.0 Å². The average molecular weight is 272 g/mol. The molecular formula is C18H28N2. The van der Waals surface area contributed by atoms with Crippen LogP contribution in [0, 0.1) is 12.8 Å². The molecule has 110 valence electrons. The van der Waals surface area contributed by atoms with Crippen LogP contribution in [0.4, 0.5) is 0 Å². The Kier molecular flexibility index (Phi) is 5.24. The second-order valence-corrected chi connectivity index (χ2v) is 6.40. The molecule has 0 bridgehead atoms. The summed E-state index contributed by atoms with van der Waals surface area (Å²) in [7, 11) is 0.